The van der Waals surface area contributed by atoms with Gasteiger partial charge in [0.1, 0.15) is 0 Å². The van der Waals surface area contributed by atoms with E-state index in [0.29, 0.717) is 12.8 Å². The minimum atomic E-state index is -1.72. The van der Waals surface area contributed by atoms with Crippen molar-refractivity contribution in [2.45, 2.75) is 77.6 Å². The fourth-order valence-electron chi connectivity index (χ4n) is 4.54. The molecule has 2 fully saturated rings. The van der Waals surface area contributed by atoms with Crippen LogP contribution in [0, 0.1) is 56.2 Å². The summed E-state index contributed by atoms with van der Waals surface area (Å²) in [6, 6.07) is 6.29. The molecule has 0 aromatic heterocycles. The fourth-order valence-corrected chi connectivity index (χ4v) is 4.54. The molecule has 2 heterocycles. The number of unbranched alkanes of at least 4 members (excludes halogenated alkanes) is 4. The molecular formula is C19H26N4O2. The third kappa shape index (κ3) is 2.50. The van der Waals surface area contributed by atoms with Gasteiger partial charge in [-0.25, -0.2) is 0 Å². The fraction of sp³-hybridized carbons (Fsp3) is 0.789. The normalized spacial score (nSPS) is 35.3. The molecule has 134 valence electrons. The van der Waals surface area contributed by atoms with Crippen LogP contribution >= 0.6 is 0 Å². The van der Waals surface area contributed by atoms with Crippen LogP contribution in [0.2, 0.25) is 0 Å². The summed E-state index contributed by atoms with van der Waals surface area (Å²) < 4.78 is 11.8. The Morgan fingerprint density at radius 2 is 1.68 bits per heavy atom. The molecule has 2 aliphatic heterocycles. The smallest absolute Gasteiger partial charge is 0.214 e. The van der Waals surface area contributed by atoms with Crippen LogP contribution < -0.4 is 0 Å². The SMILES string of the molecule is CCCCCCCC1OC2(C)OC(=N)C(C#N)(C2CC)C1(C#N)C#N. The van der Waals surface area contributed by atoms with Crippen LogP contribution in [0.5, 0.6) is 0 Å². The second-order valence-electron chi connectivity index (χ2n) is 7.17. The Labute approximate surface area is 149 Å². The maximum atomic E-state index is 9.98. The molecule has 2 rings (SSSR count). The van der Waals surface area contributed by atoms with Gasteiger partial charge in [-0.1, -0.05) is 46.0 Å². The summed E-state index contributed by atoms with van der Waals surface area (Å²) >= 11 is 0. The standard InChI is InChI=1S/C19H26N4O2/c1-4-6-7-8-9-10-15-18(11-20,12-21)19(13-22)14(5-2)17(3,24-15)25-16(19)23/h14-15,23H,4-10H2,1-3H3. The topological polar surface area (TPSA) is 114 Å². The van der Waals surface area contributed by atoms with Crippen molar-refractivity contribution >= 4 is 5.90 Å². The average Bonchev–Trinajstić information content (AvgIpc) is 2.78. The lowest BCUT2D eigenvalue weighted by molar-refractivity contribution is -0.271. The first-order valence-electron chi connectivity index (χ1n) is 9.12. The van der Waals surface area contributed by atoms with Crippen LogP contribution in [0.15, 0.2) is 0 Å². The van der Waals surface area contributed by atoms with Crippen LogP contribution in [-0.2, 0) is 9.47 Å². The van der Waals surface area contributed by atoms with Crippen LogP contribution in [0.1, 0.15) is 65.7 Å². The highest BCUT2D eigenvalue weighted by Gasteiger charge is 2.78. The zero-order valence-electron chi connectivity index (χ0n) is 15.3. The molecule has 0 saturated carbocycles. The molecule has 6 nitrogen and oxygen atoms in total. The van der Waals surface area contributed by atoms with Crippen molar-refractivity contribution in [3.63, 3.8) is 0 Å². The van der Waals surface area contributed by atoms with E-state index >= 15 is 0 Å². The summed E-state index contributed by atoms with van der Waals surface area (Å²) in [6.45, 7) is 5.73. The van der Waals surface area contributed by atoms with Gasteiger partial charge < -0.3 is 9.47 Å². The molecule has 4 atom stereocenters. The summed E-state index contributed by atoms with van der Waals surface area (Å²) in [5.74, 6) is -1.96. The van der Waals surface area contributed by atoms with Crippen LogP contribution in [-0.4, -0.2) is 17.8 Å². The van der Waals surface area contributed by atoms with E-state index in [1.165, 1.54) is 0 Å². The van der Waals surface area contributed by atoms with Gasteiger partial charge in [-0.2, -0.15) is 15.8 Å². The quantitative estimate of drug-likeness (QED) is 0.701. The van der Waals surface area contributed by atoms with Gasteiger partial charge in [0.2, 0.25) is 11.7 Å². The summed E-state index contributed by atoms with van der Waals surface area (Å²) in [4.78, 5) is 0. The maximum absolute atomic E-state index is 9.98. The number of nitrogens with one attached hydrogen (secondary N) is 1. The molecule has 4 unspecified atom stereocenters. The van der Waals surface area contributed by atoms with E-state index in [1.54, 1.807) is 6.92 Å². The number of rotatable bonds is 7. The summed E-state index contributed by atoms with van der Waals surface area (Å²) in [5.41, 5.74) is -3.30. The number of hydrogen-bond acceptors (Lipinski definition) is 6. The van der Waals surface area contributed by atoms with Gasteiger partial charge in [0, 0.05) is 6.92 Å². The number of ether oxygens (including phenoxy) is 2. The Bertz CT molecular complexity index is 642. The zero-order chi connectivity index (χ0) is 18.7. The number of hydrogen-bond donors (Lipinski definition) is 1. The highest BCUT2D eigenvalue weighted by atomic mass is 16.7. The number of nitriles is 3. The summed E-state index contributed by atoms with van der Waals surface area (Å²) in [5, 5.41) is 38.1. The van der Waals surface area contributed by atoms with Gasteiger partial charge in [-0.05, 0) is 12.8 Å². The van der Waals surface area contributed by atoms with Crippen molar-refractivity contribution in [1.29, 1.82) is 21.2 Å². The Morgan fingerprint density at radius 3 is 2.20 bits per heavy atom. The second-order valence-corrected chi connectivity index (χ2v) is 7.17. The van der Waals surface area contributed by atoms with Crippen molar-refractivity contribution in [3.8, 4) is 18.2 Å². The van der Waals surface area contributed by atoms with E-state index in [0.717, 1.165) is 32.1 Å². The van der Waals surface area contributed by atoms with Gasteiger partial charge in [-0.15, -0.1) is 0 Å². The monoisotopic (exact) mass is 342 g/mol. The predicted octanol–water partition coefficient (Wildman–Crippen LogP) is 4.04. The molecule has 2 saturated heterocycles. The molecule has 25 heavy (non-hydrogen) atoms. The lowest BCUT2D eigenvalue weighted by Gasteiger charge is -2.48. The Balaban J connectivity index is 2.41. The van der Waals surface area contributed by atoms with E-state index in [1.807, 2.05) is 6.92 Å². The van der Waals surface area contributed by atoms with Gasteiger partial charge >= 0.3 is 0 Å². The van der Waals surface area contributed by atoms with E-state index in [-0.39, 0.29) is 5.90 Å². The average molecular weight is 342 g/mol. The van der Waals surface area contributed by atoms with Crippen molar-refractivity contribution in [2.24, 2.45) is 16.7 Å². The van der Waals surface area contributed by atoms with Gasteiger partial charge in [0.15, 0.2) is 10.8 Å². The van der Waals surface area contributed by atoms with E-state index in [2.05, 4.69) is 25.1 Å². The lowest BCUT2D eigenvalue weighted by atomic mass is 9.53. The molecule has 0 spiro atoms. The third-order valence-corrected chi connectivity index (χ3v) is 5.81. The molecule has 0 aromatic carbocycles. The molecule has 0 radical (unpaired) electrons. The van der Waals surface area contributed by atoms with E-state index < -0.39 is 28.6 Å². The first-order chi connectivity index (χ1) is 11.9. The molecule has 0 aliphatic carbocycles. The van der Waals surface area contributed by atoms with E-state index in [9.17, 15) is 15.8 Å². The van der Waals surface area contributed by atoms with Gasteiger partial charge in [-0.3, -0.25) is 5.41 Å². The largest absolute Gasteiger partial charge is 0.448 e. The maximum Gasteiger partial charge on any atom is 0.214 e. The molecule has 6 heteroatoms. The predicted molar refractivity (Wildman–Crippen MR) is 91.0 cm³/mol. The molecule has 2 bridgehead atoms. The Hall–Kier alpha value is -2.10. The first kappa shape index (κ1) is 19.2. The zero-order valence-corrected chi connectivity index (χ0v) is 15.3. The highest BCUT2D eigenvalue weighted by Crippen LogP contribution is 2.63. The summed E-state index contributed by atoms with van der Waals surface area (Å²) in [7, 11) is 0. The van der Waals surface area contributed by atoms with Crippen LogP contribution in [0.25, 0.3) is 0 Å². The van der Waals surface area contributed by atoms with Crippen molar-refractivity contribution < 1.29 is 9.47 Å². The molecule has 0 amide bonds. The van der Waals surface area contributed by atoms with Crippen molar-refractivity contribution in [2.75, 3.05) is 0 Å². The molecule has 0 aromatic rings. The molecular weight excluding hydrogens is 316 g/mol. The van der Waals surface area contributed by atoms with Gasteiger partial charge in [0.25, 0.3) is 0 Å². The van der Waals surface area contributed by atoms with E-state index in [4.69, 9.17) is 14.9 Å². The highest BCUT2D eigenvalue weighted by molar-refractivity contribution is 5.89. The van der Waals surface area contributed by atoms with Crippen molar-refractivity contribution in [1.82, 2.24) is 0 Å². The number of nitrogens with zero attached hydrogens (tertiary/aromatic N) is 3. The first-order valence-corrected chi connectivity index (χ1v) is 9.12. The van der Waals surface area contributed by atoms with Crippen LogP contribution in [0.4, 0.5) is 0 Å². The van der Waals surface area contributed by atoms with Gasteiger partial charge in [0.05, 0.1) is 30.2 Å². The molecule has 2 aliphatic rings. The molecule has 1 N–H and O–H groups in total. The minimum absolute atomic E-state index is 0.305. The lowest BCUT2D eigenvalue weighted by Crippen LogP contribution is -2.61. The van der Waals surface area contributed by atoms with Crippen LogP contribution in [0.3, 0.4) is 0 Å². The Kier molecular flexibility index (Phi) is 5.40. The second kappa shape index (κ2) is 7.03. The van der Waals surface area contributed by atoms with Crippen molar-refractivity contribution in [3.05, 3.63) is 0 Å². The number of fused-ring (bicyclic) bond motifs is 2. The third-order valence-electron chi connectivity index (χ3n) is 5.81. The summed E-state index contributed by atoms with van der Waals surface area (Å²) in [6.07, 6.45) is 5.46. The minimum Gasteiger partial charge on any atom is -0.448 e. The Morgan fingerprint density at radius 1 is 1.04 bits per heavy atom.